The number of hydrogen-bond acceptors (Lipinski definition) is 4. The fourth-order valence-corrected chi connectivity index (χ4v) is 2.93. The van der Waals surface area contributed by atoms with E-state index in [2.05, 4.69) is 23.9 Å². The largest absolute Gasteiger partial charge is 0.475 e. The molecule has 0 radical (unpaired) electrons. The summed E-state index contributed by atoms with van der Waals surface area (Å²) >= 11 is 0. The van der Waals surface area contributed by atoms with E-state index in [0.717, 1.165) is 25.0 Å². The van der Waals surface area contributed by atoms with E-state index < -0.39 is 5.97 Å². The Balaban J connectivity index is 1.74. The van der Waals surface area contributed by atoms with Gasteiger partial charge in [-0.05, 0) is 44.3 Å². The summed E-state index contributed by atoms with van der Waals surface area (Å²) in [4.78, 5) is 15.6. The number of aromatic carboxylic acids is 1. The molecule has 2 aromatic rings. The fourth-order valence-electron chi connectivity index (χ4n) is 2.93. The van der Waals surface area contributed by atoms with Gasteiger partial charge < -0.3 is 14.4 Å². The van der Waals surface area contributed by atoms with Gasteiger partial charge in [0.25, 0.3) is 0 Å². The van der Waals surface area contributed by atoms with E-state index in [1.54, 1.807) is 6.07 Å². The number of likely N-dealkylation sites (tertiary alicyclic amines) is 1. The van der Waals surface area contributed by atoms with Gasteiger partial charge in [0.2, 0.25) is 5.76 Å². The lowest BCUT2D eigenvalue weighted by molar-refractivity contribution is 0.0665. The first-order chi connectivity index (χ1) is 10.0. The first-order valence-corrected chi connectivity index (χ1v) is 7.17. The summed E-state index contributed by atoms with van der Waals surface area (Å²) in [6.07, 6.45) is 1.20. The van der Waals surface area contributed by atoms with Crippen LogP contribution in [0.1, 0.15) is 22.5 Å². The topological polar surface area (TPSA) is 56.9 Å². The van der Waals surface area contributed by atoms with E-state index in [1.165, 1.54) is 12.0 Å². The Labute approximate surface area is 123 Å². The highest BCUT2D eigenvalue weighted by Crippen LogP contribution is 2.23. The lowest BCUT2D eigenvalue weighted by atomic mass is 10.1. The molecule has 0 saturated carbocycles. The fraction of sp³-hybridized carbons (Fsp3) is 0.438. The van der Waals surface area contributed by atoms with Crippen LogP contribution in [0, 0.1) is 0 Å². The van der Waals surface area contributed by atoms with Gasteiger partial charge in [-0.15, -0.1) is 0 Å². The van der Waals surface area contributed by atoms with Gasteiger partial charge in [0.15, 0.2) is 0 Å². The number of carboxylic acid groups (broad SMARTS) is 1. The second kappa shape index (κ2) is 5.50. The minimum absolute atomic E-state index is 0.00371. The minimum Gasteiger partial charge on any atom is -0.475 e. The van der Waals surface area contributed by atoms with E-state index in [9.17, 15) is 4.79 Å². The molecule has 5 heteroatoms. The number of nitrogens with zero attached hydrogens (tertiary/aromatic N) is 2. The number of carboxylic acids is 1. The number of likely N-dealkylation sites (N-methyl/N-ethyl adjacent to an activating group) is 1. The molecule has 0 spiro atoms. The van der Waals surface area contributed by atoms with E-state index in [4.69, 9.17) is 9.52 Å². The molecule has 5 nitrogen and oxygen atoms in total. The van der Waals surface area contributed by atoms with Crippen LogP contribution in [0.15, 0.2) is 28.7 Å². The molecular weight excluding hydrogens is 268 g/mol. The molecule has 1 N–H and O–H groups in total. The molecule has 1 saturated heterocycles. The van der Waals surface area contributed by atoms with Gasteiger partial charge in [0.05, 0.1) is 0 Å². The standard InChI is InChI=1S/C16H20N2O3/c1-17(2)13-5-6-18(10-13)9-11-3-4-14-12(7-11)8-15(21-14)16(19)20/h3-4,7-8,13H,5-6,9-10H2,1-2H3,(H,19,20). The van der Waals surface area contributed by atoms with Crippen molar-refractivity contribution in [3.63, 3.8) is 0 Å². The summed E-state index contributed by atoms with van der Waals surface area (Å²) in [5.41, 5.74) is 1.82. The van der Waals surface area contributed by atoms with Gasteiger partial charge in [0, 0.05) is 31.1 Å². The van der Waals surface area contributed by atoms with Crippen LogP contribution < -0.4 is 0 Å². The zero-order chi connectivity index (χ0) is 15.0. The van der Waals surface area contributed by atoms with Crippen molar-refractivity contribution in [3.05, 3.63) is 35.6 Å². The van der Waals surface area contributed by atoms with Gasteiger partial charge in [-0.1, -0.05) is 6.07 Å². The molecule has 21 heavy (non-hydrogen) atoms. The van der Waals surface area contributed by atoms with Crippen LogP contribution in [0.3, 0.4) is 0 Å². The molecule has 1 aromatic heterocycles. The second-order valence-corrected chi connectivity index (χ2v) is 5.93. The molecule has 1 aromatic carbocycles. The molecule has 112 valence electrons. The predicted octanol–water partition coefficient (Wildman–Crippen LogP) is 2.27. The number of rotatable bonds is 4. The van der Waals surface area contributed by atoms with Gasteiger partial charge >= 0.3 is 5.97 Å². The van der Waals surface area contributed by atoms with E-state index >= 15 is 0 Å². The molecule has 0 bridgehead atoms. The van der Waals surface area contributed by atoms with Crippen molar-refractivity contribution >= 4 is 16.9 Å². The summed E-state index contributed by atoms with van der Waals surface area (Å²) in [5, 5.41) is 9.81. The smallest absolute Gasteiger partial charge is 0.371 e. The maximum absolute atomic E-state index is 10.9. The first-order valence-electron chi connectivity index (χ1n) is 7.17. The summed E-state index contributed by atoms with van der Waals surface area (Å²) < 4.78 is 5.28. The molecule has 0 aliphatic carbocycles. The third-order valence-corrected chi connectivity index (χ3v) is 4.18. The number of fused-ring (bicyclic) bond motifs is 1. The highest BCUT2D eigenvalue weighted by atomic mass is 16.4. The summed E-state index contributed by atoms with van der Waals surface area (Å²) in [6, 6.07) is 8.11. The average molecular weight is 288 g/mol. The van der Waals surface area contributed by atoms with Gasteiger partial charge in [0.1, 0.15) is 5.58 Å². The maximum atomic E-state index is 10.9. The molecule has 0 amide bonds. The van der Waals surface area contributed by atoms with Crippen molar-refractivity contribution in [2.45, 2.75) is 19.0 Å². The highest BCUT2D eigenvalue weighted by Gasteiger charge is 2.23. The second-order valence-electron chi connectivity index (χ2n) is 5.93. The van der Waals surface area contributed by atoms with Crippen molar-refractivity contribution < 1.29 is 14.3 Å². The Kier molecular flexibility index (Phi) is 3.69. The number of hydrogen-bond donors (Lipinski definition) is 1. The quantitative estimate of drug-likeness (QED) is 0.935. The number of furan rings is 1. The average Bonchev–Trinajstić information content (AvgIpc) is 3.04. The van der Waals surface area contributed by atoms with E-state index in [-0.39, 0.29) is 5.76 Å². The Morgan fingerprint density at radius 3 is 2.90 bits per heavy atom. The Morgan fingerprint density at radius 1 is 1.43 bits per heavy atom. The zero-order valence-corrected chi connectivity index (χ0v) is 12.4. The van der Waals surface area contributed by atoms with Gasteiger partial charge in [-0.3, -0.25) is 4.90 Å². The maximum Gasteiger partial charge on any atom is 0.371 e. The summed E-state index contributed by atoms with van der Waals surface area (Å²) in [6.45, 7) is 3.08. The SMILES string of the molecule is CN(C)C1CCN(Cc2ccc3oc(C(=O)O)cc3c2)C1. The summed E-state index contributed by atoms with van der Waals surface area (Å²) in [7, 11) is 4.25. The molecule has 2 heterocycles. The number of benzene rings is 1. The minimum atomic E-state index is -1.03. The third-order valence-electron chi connectivity index (χ3n) is 4.18. The lowest BCUT2D eigenvalue weighted by Gasteiger charge is -2.20. The Morgan fingerprint density at radius 2 is 2.24 bits per heavy atom. The van der Waals surface area contributed by atoms with Crippen LogP contribution in [0.2, 0.25) is 0 Å². The van der Waals surface area contributed by atoms with Crippen molar-refractivity contribution in [1.82, 2.24) is 9.80 Å². The highest BCUT2D eigenvalue weighted by molar-refractivity contribution is 5.91. The van der Waals surface area contributed by atoms with Crippen LogP contribution in [0.4, 0.5) is 0 Å². The van der Waals surface area contributed by atoms with Crippen LogP contribution in [0.5, 0.6) is 0 Å². The first kappa shape index (κ1) is 14.1. The molecule has 1 aliphatic rings. The van der Waals surface area contributed by atoms with Crippen molar-refractivity contribution in [3.8, 4) is 0 Å². The van der Waals surface area contributed by atoms with Crippen molar-refractivity contribution in [2.24, 2.45) is 0 Å². The Hall–Kier alpha value is -1.85. The Bertz CT molecular complexity index is 663. The van der Waals surface area contributed by atoms with Gasteiger partial charge in [-0.2, -0.15) is 0 Å². The normalized spacial score (nSPS) is 19.7. The van der Waals surface area contributed by atoms with Crippen LogP contribution in [0.25, 0.3) is 11.0 Å². The van der Waals surface area contributed by atoms with Gasteiger partial charge in [-0.25, -0.2) is 4.79 Å². The van der Waals surface area contributed by atoms with Crippen LogP contribution in [-0.4, -0.2) is 54.1 Å². The molecule has 1 fully saturated rings. The molecule has 1 unspecified atom stereocenters. The molecular formula is C16H20N2O3. The lowest BCUT2D eigenvalue weighted by Crippen LogP contribution is -2.31. The predicted molar refractivity (Wildman–Crippen MR) is 80.5 cm³/mol. The molecule has 1 atom stereocenters. The molecule has 1 aliphatic heterocycles. The zero-order valence-electron chi connectivity index (χ0n) is 12.4. The number of carbonyl (C=O) groups is 1. The molecule has 3 rings (SSSR count). The monoisotopic (exact) mass is 288 g/mol. The van der Waals surface area contributed by atoms with Crippen molar-refractivity contribution in [1.29, 1.82) is 0 Å². The van der Waals surface area contributed by atoms with E-state index in [1.807, 2.05) is 18.2 Å². The third kappa shape index (κ3) is 2.94. The van der Waals surface area contributed by atoms with Crippen LogP contribution >= 0.6 is 0 Å². The van der Waals surface area contributed by atoms with Crippen LogP contribution in [-0.2, 0) is 6.54 Å². The van der Waals surface area contributed by atoms with E-state index in [0.29, 0.717) is 11.6 Å². The summed E-state index contributed by atoms with van der Waals surface area (Å²) in [5.74, 6) is -1.03. The van der Waals surface area contributed by atoms with Crippen molar-refractivity contribution in [2.75, 3.05) is 27.2 Å².